The molecule has 9 heteroatoms. The Morgan fingerprint density at radius 2 is 1.74 bits per heavy atom. The molecule has 2 atom stereocenters. The quantitative estimate of drug-likeness (QED) is 0.698. The van der Waals surface area contributed by atoms with Crippen LogP contribution in [0.5, 0.6) is 0 Å². The predicted octanol–water partition coefficient (Wildman–Crippen LogP) is 3.33. The first-order valence-corrected chi connectivity index (χ1v) is 11.4. The van der Waals surface area contributed by atoms with Gasteiger partial charge >= 0.3 is 6.09 Å². The van der Waals surface area contributed by atoms with E-state index < -0.39 is 35.6 Å². The number of hydrogen-bond acceptors (Lipinski definition) is 5. The molecule has 4 amide bonds. The smallest absolute Gasteiger partial charge is 0.410 e. The molecule has 2 N–H and O–H groups in total. The van der Waals surface area contributed by atoms with Gasteiger partial charge in [-0.15, -0.1) is 0 Å². The van der Waals surface area contributed by atoms with E-state index in [0.29, 0.717) is 16.9 Å². The van der Waals surface area contributed by atoms with Crippen molar-refractivity contribution in [2.24, 2.45) is 0 Å². The number of carbonyl (C=O) groups excluding carboxylic acids is 4. The number of amides is 4. The first-order valence-electron chi connectivity index (χ1n) is 11.4. The Morgan fingerprint density at radius 3 is 2.37 bits per heavy atom. The van der Waals surface area contributed by atoms with Crippen molar-refractivity contribution >= 4 is 35.2 Å². The van der Waals surface area contributed by atoms with E-state index in [1.807, 2.05) is 19.1 Å². The summed E-state index contributed by atoms with van der Waals surface area (Å²) < 4.78 is 5.32. The average Bonchev–Trinajstić information content (AvgIpc) is 2.93. The fourth-order valence-electron chi connectivity index (χ4n) is 3.51. The highest BCUT2D eigenvalue weighted by Crippen LogP contribution is 2.30. The minimum absolute atomic E-state index is 0.0792. The minimum Gasteiger partial charge on any atom is -0.444 e. The highest BCUT2D eigenvalue weighted by molar-refractivity contribution is 6.12. The van der Waals surface area contributed by atoms with Crippen LogP contribution in [-0.2, 0) is 14.3 Å². The van der Waals surface area contributed by atoms with Gasteiger partial charge < -0.3 is 20.3 Å². The standard InChI is InChI=1S/C26H32N4O5/c1-16-11-13-18(14-12-16)24(33)30-15-20(23(32)27-19-9-7-8-10-21(19)30)28-22(31)17(2)29(6)25(34)35-26(3,4)5/h7-14,17,20H,15H2,1-6H3,(H,27,32)(H,28,31)/t17?,20-/m0/s1. The SMILES string of the molecule is Cc1ccc(C(=O)N2C[C@H](NC(=O)C(C)N(C)C(=O)OC(C)(C)C)C(=O)Nc3ccccc32)cc1. The van der Waals surface area contributed by atoms with E-state index in [4.69, 9.17) is 4.74 Å². The topological polar surface area (TPSA) is 108 Å². The molecule has 1 heterocycles. The van der Waals surface area contributed by atoms with Crippen molar-refractivity contribution in [3.63, 3.8) is 0 Å². The molecule has 35 heavy (non-hydrogen) atoms. The van der Waals surface area contributed by atoms with E-state index in [2.05, 4.69) is 10.6 Å². The van der Waals surface area contributed by atoms with Crippen LogP contribution in [0.2, 0.25) is 0 Å². The lowest BCUT2D eigenvalue weighted by Crippen LogP contribution is -2.55. The fraction of sp³-hybridized carbons (Fsp3) is 0.385. The number of nitrogens with one attached hydrogen (secondary N) is 2. The van der Waals surface area contributed by atoms with E-state index in [9.17, 15) is 19.2 Å². The molecule has 0 radical (unpaired) electrons. The second-order valence-corrected chi connectivity index (χ2v) is 9.62. The van der Waals surface area contributed by atoms with Gasteiger partial charge in [-0.2, -0.15) is 0 Å². The molecule has 1 aliphatic rings. The number of rotatable bonds is 4. The number of anilines is 2. The molecule has 9 nitrogen and oxygen atoms in total. The number of ether oxygens (including phenoxy) is 1. The van der Waals surface area contributed by atoms with Gasteiger partial charge in [-0.3, -0.25) is 19.3 Å². The highest BCUT2D eigenvalue weighted by atomic mass is 16.6. The van der Waals surface area contributed by atoms with Gasteiger partial charge in [-0.05, 0) is 58.9 Å². The molecule has 1 aliphatic heterocycles. The Kier molecular flexibility index (Phi) is 7.48. The van der Waals surface area contributed by atoms with Crippen LogP contribution in [0.4, 0.5) is 16.2 Å². The van der Waals surface area contributed by atoms with Gasteiger partial charge in [0.1, 0.15) is 17.7 Å². The van der Waals surface area contributed by atoms with Crippen LogP contribution in [0.25, 0.3) is 0 Å². The van der Waals surface area contributed by atoms with Gasteiger partial charge in [0, 0.05) is 12.6 Å². The number of carbonyl (C=O) groups is 4. The monoisotopic (exact) mass is 480 g/mol. The molecule has 2 aromatic rings. The maximum Gasteiger partial charge on any atom is 0.410 e. The molecule has 0 fully saturated rings. The zero-order chi connectivity index (χ0) is 25.9. The summed E-state index contributed by atoms with van der Waals surface area (Å²) in [5.74, 6) is -1.31. The van der Waals surface area contributed by atoms with Crippen molar-refractivity contribution in [3.05, 3.63) is 59.7 Å². The molecule has 1 unspecified atom stereocenters. The van der Waals surface area contributed by atoms with Crippen molar-refractivity contribution in [2.75, 3.05) is 23.8 Å². The van der Waals surface area contributed by atoms with Crippen LogP contribution < -0.4 is 15.5 Å². The molecule has 2 aromatic carbocycles. The van der Waals surface area contributed by atoms with Crippen molar-refractivity contribution in [1.82, 2.24) is 10.2 Å². The van der Waals surface area contributed by atoms with Crippen molar-refractivity contribution in [2.45, 2.75) is 52.3 Å². The Bertz CT molecular complexity index is 1120. The Labute approximate surface area is 205 Å². The van der Waals surface area contributed by atoms with Gasteiger partial charge in [0.05, 0.1) is 17.9 Å². The van der Waals surface area contributed by atoms with Gasteiger partial charge in [-0.1, -0.05) is 29.8 Å². The molecule has 3 rings (SSSR count). The maximum atomic E-state index is 13.4. The van der Waals surface area contributed by atoms with Gasteiger partial charge in [0.15, 0.2) is 0 Å². The summed E-state index contributed by atoms with van der Waals surface area (Å²) in [4.78, 5) is 54.5. The largest absolute Gasteiger partial charge is 0.444 e. The van der Waals surface area contributed by atoms with E-state index in [-0.39, 0.29) is 12.5 Å². The molecule has 0 saturated heterocycles. The third-order valence-corrected chi connectivity index (χ3v) is 5.64. The lowest BCUT2D eigenvalue weighted by Gasteiger charge is -2.29. The predicted molar refractivity (Wildman–Crippen MR) is 133 cm³/mol. The molecule has 186 valence electrons. The minimum atomic E-state index is -1.04. The summed E-state index contributed by atoms with van der Waals surface area (Å²) >= 11 is 0. The van der Waals surface area contributed by atoms with Gasteiger partial charge in [0.2, 0.25) is 11.8 Å². The summed E-state index contributed by atoms with van der Waals surface area (Å²) in [5, 5.41) is 5.49. The maximum absolute atomic E-state index is 13.4. The van der Waals surface area contributed by atoms with E-state index in [0.717, 1.165) is 5.56 Å². The number of hydrogen-bond donors (Lipinski definition) is 2. The van der Waals surface area contributed by atoms with Crippen LogP contribution in [0.1, 0.15) is 43.6 Å². The lowest BCUT2D eigenvalue weighted by molar-refractivity contribution is -0.129. The zero-order valence-corrected chi connectivity index (χ0v) is 20.9. The Morgan fingerprint density at radius 1 is 1.11 bits per heavy atom. The summed E-state index contributed by atoms with van der Waals surface area (Å²) in [6, 6.07) is 12.2. The molecule has 0 aliphatic carbocycles. The summed E-state index contributed by atoms with van der Waals surface area (Å²) in [6.45, 7) is 8.59. The number of nitrogens with zero attached hydrogens (tertiary/aromatic N) is 2. The van der Waals surface area contributed by atoms with Crippen LogP contribution in [0.15, 0.2) is 48.5 Å². The van der Waals surface area contributed by atoms with Crippen LogP contribution in [0, 0.1) is 6.92 Å². The normalized spacial score (nSPS) is 16.3. The van der Waals surface area contributed by atoms with Crippen LogP contribution in [0.3, 0.4) is 0 Å². The number of likely N-dealkylation sites (N-methyl/N-ethyl adjacent to an activating group) is 1. The van der Waals surface area contributed by atoms with Crippen LogP contribution >= 0.6 is 0 Å². The Balaban J connectivity index is 1.83. The van der Waals surface area contributed by atoms with E-state index in [1.165, 1.54) is 23.8 Å². The summed E-state index contributed by atoms with van der Waals surface area (Å²) in [6.07, 6.45) is -0.658. The first kappa shape index (κ1) is 25.7. The number of fused-ring (bicyclic) bond motifs is 1. The second-order valence-electron chi connectivity index (χ2n) is 9.62. The molecule has 0 saturated carbocycles. The van der Waals surface area contributed by atoms with Crippen LogP contribution in [-0.4, -0.2) is 60.0 Å². The van der Waals surface area contributed by atoms with Gasteiger partial charge in [0.25, 0.3) is 5.91 Å². The molecular weight excluding hydrogens is 448 g/mol. The summed E-state index contributed by atoms with van der Waals surface area (Å²) in [7, 11) is 1.45. The lowest BCUT2D eigenvalue weighted by atomic mass is 10.1. The molecule has 0 aromatic heterocycles. The molecular formula is C26H32N4O5. The highest BCUT2D eigenvalue weighted by Gasteiger charge is 2.35. The van der Waals surface area contributed by atoms with E-state index in [1.54, 1.807) is 57.2 Å². The number of aryl methyl sites for hydroxylation is 1. The number of benzene rings is 2. The molecule has 0 bridgehead atoms. The molecule has 0 spiro atoms. The summed E-state index contributed by atoms with van der Waals surface area (Å²) in [5.41, 5.74) is 1.76. The second kappa shape index (κ2) is 10.2. The van der Waals surface area contributed by atoms with Gasteiger partial charge in [-0.25, -0.2) is 4.79 Å². The van der Waals surface area contributed by atoms with Crippen molar-refractivity contribution < 1.29 is 23.9 Å². The first-order chi connectivity index (χ1) is 16.4. The van der Waals surface area contributed by atoms with Crippen molar-refractivity contribution in [3.8, 4) is 0 Å². The van der Waals surface area contributed by atoms with E-state index >= 15 is 0 Å². The number of para-hydroxylation sites is 2. The fourth-order valence-corrected chi connectivity index (χ4v) is 3.51. The Hall–Kier alpha value is -3.88. The third kappa shape index (κ3) is 6.17. The van der Waals surface area contributed by atoms with Crippen molar-refractivity contribution in [1.29, 1.82) is 0 Å². The average molecular weight is 481 g/mol. The zero-order valence-electron chi connectivity index (χ0n) is 20.9. The third-order valence-electron chi connectivity index (χ3n) is 5.64.